The van der Waals surface area contributed by atoms with Crippen molar-refractivity contribution in [2.75, 3.05) is 19.1 Å². The molecule has 0 fully saturated rings. The number of carbonyl (C=O) groups excluding carboxylic acids is 1. The maximum Gasteiger partial charge on any atom is 0.312 e. The SMILES string of the molecule is COC(=O)C(C)(CSC)C(C)C. The van der Waals surface area contributed by atoms with E-state index in [1.54, 1.807) is 11.8 Å². The standard InChI is InChI=1S/C9H18O2S/c1-7(2)9(3,6-12-5)8(10)11-4/h7H,6H2,1-5H3. The molecule has 0 spiro atoms. The minimum absolute atomic E-state index is 0.105. The maximum atomic E-state index is 11.4. The van der Waals surface area contributed by atoms with Gasteiger partial charge < -0.3 is 4.74 Å². The zero-order valence-corrected chi connectivity index (χ0v) is 9.33. The maximum absolute atomic E-state index is 11.4. The van der Waals surface area contributed by atoms with E-state index in [0.29, 0.717) is 5.92 Å². The molecule has 0 rings (SSSR count). The molecule has 0 aromatic heterocycles. The van der Waals surface area contributed by atoms with Gasteiger partial charge in [0.25, 0.3) is 0 Å². The fraction of sp³-hybridized carbons (Fsp3) is 0.889. The van der Waals surface area contributed by atoms with Gasteiger partial charge in [0.05, 0.1) is 12.5 Å². The lowest BCUT2D eigenvalue weighted by atomic mass is 9.81. The summed E-state index contributed by atoms with van der Waals surface area (Å²) in [4.78, 5) is 11.4. The molecule has 0 aromatic carbocycles. The van der Waals surface area contributed by atoms with Crippen molar-refractivity contribution in [1.29, 1.82) is 0 Å². The summed E-state index contributed by atoms with van der Waals surface area (Å²) in [5, 5.41) is 0. The van der Waals surface area contributed by atoms with Crippen molar-refractivity contribution in [3.63, 3.8) is 0 Å². The molecule has 0 amide bonds. The molecular formula is C9H18O2S. The molecule has 0 N–H and O–H groups in total. The monoisotopic (exact) mass is 190 g/mol. The number of rotatable bonds is 4. The predicted octanol–water partition coefficient (Wildman–Crippen LogP) is 2.18. The van der Waals surface area contributed by atoms with Gasteiger partial charge in [0.15, 0.2) is 0 Å². The molecule has 0 radical (unpaired) electrons. The van der Waals surface area contributed by atoms with Gasteiger partial charge in [0, 0.05) is 5.75 Å². The first-order valence-electron chi connectivity index (χ1n) is 4.06. The second-order valence-corrected chi connectivity index (χ2v) is 4.36. The molecule has 2 nitrogen and oxygen atoms in total. The molecule has 0 heterocycles. The first kappa shape index (κ1) is 11.8. The average Bonchev–Trinajstić information content (AvgIpc) is 2.03. The van der Waals surface area contributed by atoms with Gasteiger partial charge in [-0.3, -0.25) is 4.79 Å². The highest BCUT2D eigenvalue weighted by atomic mass is 32.2. The average molecular weight is 190 g/mol. The molecule has 3 heteroatoms. The van der Waals surface area contributed by atoms with Gasteiger partial charge >= 0.3 is 5.97 Å². The number of hydrogen-bond donors (Lipinski definition) is 0. The molecule has 1 atom stereocenters. The quantitative estimate of drug-likeness (QED) is 0.636. The van der Waals surface area contributed by atoms with Crippen LogP contribution in [-0.2, 0) is 9.53 Å². The fourth-order valence-corrected chi connectivity index (χ4v) is 2.05. The van der Waals surface area contributed by atoms with Crippen molar-refractivity contribution in [2.24, 2.45) is 11.3 Å². The number of esters is 1. The smallest absolute Gasteiger partial charge is 0.312 e. The van der Waals surface area contributed by atoms with E-state index < -0.39 is 0 Å². The number of hydrogen-bond acceptors (Lipinski definition) is 3. The van der Waals surface area contributed by atoms with Gasteiger partial charge in [0.2, 0.25) is 0 Å². The van der Waals surface area contributed by atoms with Gasteiger partial charge in [-0.15, -0.1) is 0 Å². The van der Waals surface area contributed by atoms with Crippen molar-refractivity contribution in [3.8, 4) is 0 Å². The lowest BCUT2D eigenvalue weighted by molar-refractivity contribution is -0.152. The topological polar surface area (TPSA) is 26.3 Å². The van der Waals surface area contributed by atoms with Crippen LogP contribution in [-0.4, -0.2) is 25.1 Å². The van der Waals surface area contributed by atoms with Crippen LogP contribution in [0.15, 0.2) is 0 Å². The van der Waals surface area contributed by atoms with Crippen LogP contribution in [0.3, 0.4) is 0 Å². The molecule has 0 aliphatic carbocycles. The summed E-state index contributed by atoms with van der Waals surface area (Å²) < 4.78 is 4.78. The van der Waals surface area contributed by atoms with Crippen molar-refractivity contribution in [2.45, 2.75) is 20.8 Å². The van der Waals surface area contributed by atoms with Crippen LogP contribution in [0.1, 0.15) is 20.8 Å². The summed E-state index contributed by atoms with van der Waals surface area (Å²) in [6, 6.07) is 0. The van der Waals surface area contributed by atoms with Gasteiger partial charge in [-0.25, -0.2) is 0 Å². The van der Waals surface area contributed by atoms with E-state index in [2.05, 4.69) is 0 Å². The first-order chi connectivity index (χ1) is 5.49. The van der Waals surface area contributed by atoms with Crippen LogP contribution in [0.25, 0.3) is 0 Å². The van der Waals surface area contributed by atoms with E-state index in [9.17, 15) is 4.79 Å². The van der Waals surface area contributed by atoms with Crippen LogP contribution in [0, 0.1) is 11.3 Å². The molecule has 12 heavy (non-hydrogen) atoms. The second kappa shape index (κ2) is 4.75. The molecule has 0 saturated heterocycles. The van der Waals surface area contributed by atoms with E-state index >= 15 is 0 Å². The predicted molar refractivity (Wildman–Crippen MR) is 53.3 cm³/mol. The van der Waals surface area contributed by atoms with Gasteiger partial charge in [-0.05, 0) is 19.1 Å². The number of thioether (sulfide) groups is 1. The Morgan fingerprint density at radius 1 is 1.58 bits per heavy atom. The second-order valence-electron chi connectivity index (χ2n) is 3.50. The normalized spacial score (nSPS) is 15.8. The first-order valence-corrected chi connectivity index (χ1v) is 5.45. The number of carbonyl (C=O) groups is 1. The lowest BCUT2D eigenvalue weighted by Gasteiger charge is -2.29. The van der Waals surface area contributed by atoms with Crippen molar-refractivity contribution in [1.82, 2.24) is 0 Å². The third-order valence-corrected chi connectivity index (χ3v) is 3.26. The van der Waals surface area contributed by atoms with Crippen LogP contribution in [0.2, 0.25) is 0 Å². The Labute approximate surface area is 79.1 Å². The van der Waals surface area contributed by atoms with Crippen LogP contribution >= 0.6 is 11.8 Å². The summed E-state index contributed by atoms with van der Waals surface area (Å²) in [6.07, 6.45) is 2.00. The van der Waals surface area contributed by atoms with Crippen LogP contribution < -0.4 is 0 Å². The Morgan fingerprint density at radius 2 is 2.08 bits per heavy atom. The minimum Gasteiger partial charge on any atom is -0.469 e. The van der Waals surface area contributed by atoms with Crippen molar-refractivity contribution in [3.05, 3.63) is 0 Å². The minimum atomic E-state index is -0.339. The van der Waals surface area contributed by atoms with E-state index in [1.165, 1.54) is 7.11 Å². The highest BCUT2D eigenvalue weighted by molar-refractivity contribution is 7.98. The van der Waals surface area contributed by atoms with E-state index in [0.717, 1.165) is 5.75 Å². The highest BCUT2D eigenvalue weighted by Gasteiger charge is 2.36. The molecule has 0 aliphatic heterocycles. The molecule has 0 saturated carbocycles. The van der Waals surface area contributed by atoms with E-state index in [4.69, 9.17) is 4.74 Å². The Balaban J connectivity index is 4.49. The Kier molecular flexibility index (Phi) is 4.68. The highest BCUT2D eigenvalue weighted by Crippen LogP contribution is 2.31. The summed E-state index contributed by atoms with van der Waals surface area (Å²) in [7, 11) is 1.45. The number of ether oxygens (including phenoxy) is 1. The third kappa shape index (κ3) is 2.41. The number of methoxy groups -OCH3 is 1. The van der Waals surface area contributed by atoms with Gasteiger partial charge in [-0.2, -0.15) is 11.8 Å². The summed E-state index contributed by atoms with van der Waals surface area (Å²) in [6.45, 7) is 6.06. The van der Waals surface area contributed by atoms with Gasteiger partial charge in [-0.1, -0.05) is 13.8 Å². The van der Waals surface area contributed by atoms with Crippen LogP contribution in [0.5, 0.6) is 0 Å². The largest absolute Gasteiger partial charge is 0.469 e. The zero-order valence-electron chi connectivity index (χ0n) is 8.51. The molecule has 0 bridgehead atoms. The summed E-state index contributed by atoms with van der Waals surface area (Å²) in [5.41, 5.74) is -0.339. The van der Waals surface area contributed by atoms with E-state index in [-0.39, 0.29) is 11.4 Å². The summed E-state index contributed by atoms with van der Waals surface area (Å²) >= 11 is 1.68. The van der Waals surface area contributed by atoms with E-state index in [1.807, 2.05) is 27.0 Å². The molecule has 72 valence electrons. The lowest BCUT2D eigenvalue weighted by Crippen LogP contribution is -2.36. The molecule has 0 aliphatic rings. The Bertz CT molecular complexity index is 157. The van der Waals surface area contributed by atoms with Crippen molar-refractivity contribution < 1.29 is 9.53 Å². The Hall–Kier alpha value is -0.180. The van der Waals surface area contributed by atoms with Crippen LogP contribution in [0.4, 0.5) is 0 Å². The molecular weight excluding hydrogens is 172 g/mol. The molecule has 1 unspecified atom stereocenters. The third-order valence-electron chi connectivity index (χ3n) is 2.37. The Morgan fingerprint density at radius 3 is 2.33 bits per heavy atom. The van der Waals surface area contributed by atoms with Gasteiger partial charge in [0.1, 0.15) is 0 Å². The summed E-state index contributed by atoms with van der Waals surface area (Å²) in [5.74, 6) is 1.03. The molecule has 0 aromatic rings. The fourth-order valence-electron chi connectivity index (χ4n) is 0.994. The zero-order chi connectivity index (χ0) is 9.78. The van der Waals surface area contributed by atoms with Crippen molar-refractivity contribution >= 4 is 17.7 Å².